The van der Waals surface area contributed by atoms with Gasteiger partial charge >= 0.3 is 0 Å². The van der Waals surface area contributed by atoms with E-state index in [1.54, 1.807) is 10.3 Å². The minimum atomic E-state index is -0.104. The lowest BCUT2D eigenvalue weighted by Crippen LogP contribution is -2.37. The molecule has 0 bridgehead atoms. The zero-order chi connectivity index (χ0) is 14.1. The van der Waals surface area contributed by atoms with Crippen molar-refractivity contribution >= 4 is 17.2 Å². The van der Waals surface area contributed by atoms with Gasteiger partial charge in [-0.25, -0.2) is 4.98 Å². The molecule has 2 aromatic rings. The molecule has 0 radical (unpaired) electrons. The molecule has 1 amide bonds. The molecule has 2 aromatic heterocycles. The lowest BCUT2D eigenvalue weighted by atomic mass is 10.2. The first-order valence-corrected chi connectivity index (χ1v) is 7.51. The average molecular weight is 292 g/mol. The van der Waals surface area contributed by atoms with E-state index in [-0.39, 0.29) is 18.6 Å². The maximum Gasteiger partial charge on any atom is 0.273 e. The van der Waals surface area contributed by atoms with Gasteiger partial charge in [-0.1, -0.05) is 0 Å². The molecule has 20 heavy (non-hydrogen) atoms. The number of nitrogens with zero attached hydrogens (tertiary/aromatic N) is 2. The van der Waals surface area contributed by atoms with Gasteiger partial charge < -0.3 is 14.4 Å². The van der Waals surface area contributed by atoms with Crippen molar-refractivity contribution in [1.82, 2.24) is 9.88 Å². The molecule has 1 fully saturated rings. The number of carbonyl (C=O) groups is 1. The molecule has 3 heterocycles. The van der Waals surface area contributed by atoms with Crippen molar-refractivity contribution in [2.45, 2.75) is 25.8 Å². The van der Waals surface area contributed by atoms with Crippen LogP contribution in [-0.4, -0.2) is 40.1 Å². The summed E-state index contributed by atoms with van der Waals surface area (Å²) in [7, 11) is 0. The van der Waals surface area contributed by atoms with Crippen LogP contribution in [-0.2, 0) is 0 Å². The van der Waals surface area contributed by atoms with Crippen molar-refractivity contribution in [3.05, 3.63) is 29.0 Å². The van der Waals surface area contributed by atoms with Crippen molar-refractivity contribution < 1.29 is 14.3 Å². The van der Waals surface area contributed by atoms with Gasteiger partial charge in [-0.05, 0) is 31.9 Å². The molecule has 0 aliphatic carbocycles. The van der Waals surface area contributed by atoms with Crippen molar-refractivity contribution in [2.24, 2.45) is 0 Å². The van der Waals surface area contributed by atoms with E-state index in [0.717, 1.165) is 18.6 Å². The fraction of sp³-hybridized carbons (Fsp3) is 0.429. The Balaban J connectivity index is 1.81. The molecular weight excluding hydrogens is 276 g/mol. The summed E-state index contributed by atoms with van der Waals surface area (Å²) >= 11 is 1.40. The summed E-state index contributed by atoms with van der Waals surface area (Å²) in [5.74, 6) is 1.40. The predicted molar refractivity (Wildman–Crippen MR) is 75.7 cm³/mol. The average Bonchev–Trinajstić information content (AvgIpc) is 3.17. The number of carbonyl (C=O) groups excluding carboxylic acids is 1. The Kier molecular flexibility index (Phi) is 3.58. The summed E-state index contributed by atoms with van der Waals surface area (Å²) in [5, 5.41) is 11.8. The van der Waals surface area contributed by atoms with Crippen LogP contribution in [0.5, 0.6) is 0 Å². The zero-order valence-electron chi connectivity index (χ0n) is 11.2. The Hall–Kier alpha value is -1.66. The normalized spacial score (nSPS) is 18.7. The molecule has 1 aliphatic heterocycles. The Morgan fingerprint density at radius 3 is 3.15 bits per heavy atom. The summed E-state index contributed by atoms with van der Waals surface area (Å²) in [6, 6.07) is 3.66. The Morgan fingerprint density at radius 1 is 1.60 bits per heavy atom. The zero-order valence-corrected chi connectivity index (χ0v) is 12.0. The molecule has 3 rings (SSSR count). The van der Waals surface area contributed by atoms with Crippen molar-refractivity contribution in [3.8, 4) is 10.8 Å². The second-order valence-corrected chi connectivity index (χ2v) is 5.78. The maximum atomic E-state index is 12.4. The highest BCUT2D eigenvalue weighted by Crippen LogP contribution is 2.27. The third kappa shape index (κ3) is 2.36. The standard InChI is InChI=1S/C14H16N2O3S/c1-9-4-5-12(19-9)13-15-11(8-20-13)14(18)16-6-2-3-10(16)7-17/h4-5,8,10,17H,2-3,6-7H2,1H3/t10-/m1/s1. The third-order valence-corrected chi connectivity index (χ3v) is 4.38. The van der Waals surface area contributed by atoms with Crippen LogP contribution in [0.4, 0.5) is 0 Å². The summed E-state index contributed by atoms with van der Waals surface area (Å²) in [6.07, 6.45) is 1.79. The van der Waals surface area contributed by atoms with E-state index in [4.69, 9.17) is 4.42 Å². The number of thiazole rings is 1. The van der Waals surface area contributed by atoms with Crippen LogP contribution in [0.15, 0.2) is 21.9 Å². The number of likely N-dealkylation sites (tertiary alicyclic amines) is 1. The highest BCUT2D eigenvalue weighted by Gasteiger charge is 2.30. The molecule has 0 saturated carbocycles. The predicted octanol–water partition coefficient (Wildman–Crippen LogP) is 2.31. The van der Waals surface area contributed by atoms with Gasteiger partial charge in [-0.3, -0.25) is 4.79 Å². The molecule has 0 unspecified atom stereocenters. The van der Waals surface area contributed by atoms with Gasteiger partial charge in [0, 0.05) is 11.9 Å². The summed E-state index contributed by atoms with van der Waals surface area (Å²) in [6.45, 7) is 2.58. The van der Waals surface area contributed by atoms with E-state index in [2.05, 4.69) is 4.98 Å². The number of aryl methyl sites for hydroxylation is 1. The quantitative estimate of drug-likeness (QED) is 0.942. The van der Waals surface area contributed by atoms with Crippen molar-refractivity contribution in [1.29, 1.82) is 0 Å². The van der Waals surface area contributed by atoms with E-state index in [9.17, 15) is 9.90 Å². The number of amides is 1. The van der Waals surface area contributed by atoms with Gasteiger partial charge in [0.05, 0.1) is 12.6 Å². The minimum absolute atomic E-state index is 0.0140. The van der Waals surface area contributed by atoms with E-state index < -0.39 is 0 Å². The second-order valence-electron chi connectivity index (χ2n) is 4.93. The van der Waals surface area contributed by atoms with Crippen LogP contribution < -0.4 is 0 Å². The van der Waals surface area contributed by atoms with Gasteiger partial charge in [-0.15, -0.1) is 11.3 Å². The smallest absolute Gasteiger partial charge is 0.273 e. The summed E-state index contributed by atoms with van der Waals surface area (Å²) in [5.41, 5.74) is 0.430. The molecular formula is C14H16N2O3S. The molecule has 6 heteroatoms. The lowest BCUT2D eigenvalue weighted by Gasteiger charge is -2.21. The fourth-order valence-corrected chi connectivity index (χ4v) is 3.23. The van der Waals surface area contributed by atoms with Gasteiger partial charge in [0.2, 0.25) is 0 Å². The van der Waals surface area contributed by atoms with Gasteiger partial charge in [0.15, 0.2) is 10.8 Å². The van der Waals surface area contributed by atoms with Crippen LogP contribution in [0.1, 0.15) is 29.1 Å². The topological polar surface area (TPSA) is 66.6 Å². The fourth-order valence-electron chi connectivity index (χ4n) is 2.47. The highest BCUT2D eigenvalue weighted by molar-refractivity contribution is 7.13. The number of hydrogen-bond donors (Lipinski definition) is 1. The Morgan fingerprint density at radius 2 is 2.45 bits per heavy atom. The largest absolute Gasteiger partial charge is 0.459 e. The Bertz CT molecular complexity index is 619. The van der Waals surface area contributed by atoms with Crippen LogP contribution in [0.2, 0.25) is 0 Å². The third-order valence-electron chi connectivity index (χ3n) is 3.52. The molecule has 1 atom stereocenters. The number of furan rings is 1. The maximum absolute atomic E-state index is 12.4. The van der Waals surface area contributed by atoms with Crippen LogP contribution in [0.3, 0.4) is 0 Å². The van der Waals surface area contributed by atoms with Crippen LogP contribution in [0, 0.1) is 6.92 Å². The van der Waals surface area contributed by atoms with Crippen LogP contribution in [0.25, 0.3) is 10.8 Å². The molecule has 1 N–H and O–H groups in total. The summed E-state index contributed by atoms with van der Waals surface area (Å²) in [4.78, 5) is 18.5. The Labute approximate surface area is 120 Å². The molecule has 1 aliphatic rings. The lowest BCUT2D eigenvalue weighted by molar-refractivity contribution is 0.0672. The second kappa shape index (κ2) is 5.38. The van der Waals surface area contributed by atoms with Crippen LogP contribution >= 0.6 is 11.3 Å². The molecule has 1 saturated heterocycles. The highest BCUT2D eigenvalue weighted by atomic mass is 32.1. The van der Waals surface area contributed by atoms with Gasteiger partial charge in [0.1, 0.15) is 11.5 Å². The molecule has 5 nitrogen and oxygen atoms in total. The number of rotatable bonds is 3. The van der Waals surface area contributed by atoms with E-state index in [0.29, 0.717) is 23.0 Å². The van der Waals surface area contributed by atoms with E-state index in [1.807, 2.05) is 19.1 Å². The van der Waals surface area contributed by atoms with E-state index >= 15 is 0 Å². The first kappa shape index (κ1) is 13.3. The van der Waals surface area contributed by atoms with E-state index in [1.165, 1.54) is 11.3 Å². The minimum Gasteiger partial charge on any atom is -0.459 e. The number of hydrogen-bond acceptors (Lipinski definition) is 5. The van der Waals surface area contributed by atoms with Crippen molar-refractivity contribution in [3.63, 3.8) is 0 Å². The monoisotopic (exact) mass is 292 g/mol. The summed E-state index contributed by atoms with van der Waals surface area (Å²) < 4.78 is 5.51. The molecule has 0 spiro atoms. The number of aliphatic hydroxyl groups excluding tert-OH is 1. The number of aromatic nitrogens is 1. The first-order chi connectivity index (χ1) is 9.69. The van der Waals surface area contributed by atoms with Gasteiger partial charge in [0.25, 0.3) is 5.91 Å². The number of aliphatic hydroxyl groups is 1. The van der Waals surface area contributed by atoms with Gasteiger partial charge in [-0.2, -0.15) is 0 Å². The molecule has 106 valence electrons. The SMILES string of the molecule is Cc1ccc(-c2nc(C(=O)N3CCC[C@@H]3CO)cs2)o1. The molecule has 0 aromatic carbocycles. The first-order valence-electron chi connectivity index (χ1n) is 6.63. The van der Waals surface area contributed by atoms with Crippen molar-refractivity contribution in [2.75, 3.05) is 13.2 Å².